The summed E-state index contributed by atoms with van der Waals surface area (Å²) in [6.07, 6.45) is 0. The molecule has 0 aliphatic heterocycles. The maximum atomic E-state index is 13.2. The predicted molar refractivity (Wildman–Crippen MR) is 110 cm³/mol. The number of hydrogen-bond acceptors (Lipinski definition) is 3. The van der Waals surface area contributed by atoms with Crippen molar-refractivity contribution in [3.63, 3.8) is 0 Å². The summed E-state index contributed by atoms with van der Waals surface area (Å²) in [5.74, 6) is -0.0961. The van der Waals surface area contributed by atoms with Crippen LogP contribution < -0.4 is 9.80 Å². The van der Waals surface area contributed by atoms with Gasteiger partial charge in [-0.05, 0) is 38.1 Å². The molecule has 0 bridgehead atoms. The van der Waals surface area contributed by atoms with Gasteiger partial charge in [-0.25, -0.2) is 4.98 Å². The third-order valence-electron chi connectivity index (χ3n) is 4.55. The van der Waals surface area contributed by atoms with Gasteiger partial charge in [0.15, 0.2) is 5.13 Å². The summed E-state index contributed by atoms with van der Waals surface area (Å²) in [6.45, 7) is 7.88. The van der Waals surface area contributed by atoms with Crippen LogP contribution in [0.2, 0.25) is 5.02 Å². The number of likely N-dealkylation sites (N-methyl/N-ethyl adjacent to an activating group) is 1. The van der Waals surface area contributed by atoms with Crippen molar-refractivity contribution in [1.82, 2.24) is 4.98 Å². The monoisotopic (exact) mass is 388 g/mol. The van der Waals surface area contributed by atoms with Gasteiger partial charge < -0.3 is 4.90 Å². The first kappa shape index (κ1) is 18.8. The molecule has 0 saturated carbocycles. The topological polar surface area (TPSA) is 37.6 Å². The Hall–Kier alpha value is -1.95. The molecule has 1 heterocycles. The number of halogens is 1. The average Bonchev–Trinajstić information content (AvgIpc) is 3.09. The predicted octanol–water partition coefficient (Wildman–Crippen LogP) is 3.52. The number of para-hydroxylation sites is 1. The number of thiazole rings is 1. The van der Waals surface area contributed by atoms with Crippen molar-refractivity contribution in [3.05, 3.63) is 59.1 Å². The fourth-order valence-corrected chi connectivity index (χ4v) is 4.12. The molecule has 26 heavy (non-hydrogen) atoms. The van der Waals surface area contributed by atoms with Gasteiger partial charge in [0, 0.05) is 0 Å². The maximum absolute atomic E-state index is 13.2. The van der Waals surface area contributed by atoms with Gasteiger partial charge in [-0.15, -0.1) is 0 Å². The average molecular weight is 389 g/mol. The van der Waals surface area contributed by atoms with Gasteiger partial charge in [0.05, 0.1) is 47.0 Å². The molecule has 136 valence electrons. The fraction of sp³-hybridized carbons (Fsp3) is 0.300. The molecule has 6 heteroatoms. The molecule has 0 spiro atoms. The number of carbonyl (C=O) groups excluding carboxylic acids is 1. The van der Waals surface area contributed by atoms with E-state index in [2.05, 4.69) is 13.8 Å². The van der Waals surface area contributed by atoms with Crippen molar-refractivity contribution in [3.8, 4) is 0 Å². The largest absolute Gasteiger partial charge is 0.334 e. The molecule has 0 saturated heterocycles. The molecular formula is C20H23ClN3OS+. The summed E-state index contributed by atoms with van der Waals surface area (Å²) in [5.41, 5.74) is 1.43. The van der Waals surface area contributed by atoms with E-state index in [0.29, 0.717) is 17.1 Å². The van der Waals surface area contributed by atoms with E-state index in [-0.39, 0.29) is 5.91 Å². The number of fused-ring (bicyclic) bond motifs is 1. The molecule has 2 aromatic carbocycles. The molecule has 1 aromatic heterocycles. The summed E-state index contributed by atoms with van der Waals surface area (Å²) in [6, 6.07) is 15.2. The highest BCUT2D eigenvalue weighted by Gasteiger charge is 2.24. The van der Waals surface area contributed by atoms with E-state index in [4.69, 9.17) is 16.6 Å². The van der Waals surface area contributed by atoms with Crippen LogP contribution in [0.3, 0.4) is 0 Å². The summed E-state index contributed by atoms with van der Waals surface area (Å²) in [5, 5.41) is 1.20. The summed E-state index contributed by atoms with van der Waals surface area (Å²) in [4.78, 5) is 21.1. The van der Waals surface area contributed by atoms with Crippen molar-refractivity contribution in [1.29, 1.82) is 0 Å². The lowest BCUT2D eigenvalue weighted by Crippen LogP contribution is -3.12. The maximum Gasteiger partial charge on any atom is 0.261 e. The molecule has 1 amide bonds. The lowest BCUT2D eigenvalue weighted by atomic mass is 10.2. The van der Waals surface area contributed by atoms with Crippen LogP contribution in [0.5, 0.6) is 0 Å². The Balaban J connectivity index is 1.95. The van der Waals surface area contributed by atoms with E-state index < -0.39 is 0 Å². The van der Waals surface area contributed by atoms with Crippen LogP contribution in [0.25, 0.3) is 10.2 Å². The van der Waals surface area contributed by atoms with E-state index in [1.807, 2.05) is 36.4 Å². The van der Waals surface area contributed by atoms with E-state index in [0.717, 1.165) is 35.0 Å². The van der Waals surface area contributed by atoms with E-state index in [1.54, 1.807) is 28.4 Å². The van der Waals surface area contributed by atoms with Crippen LogP contribution in [0.1, 0.15) is 24.2 Å². The third kappa shape index (κ3) is 4.06. The highest BCUT2D eigenvalue weighted by atomic mass is 35.5. The first-order valence-corrected chi connectivity index (χ1v) is 10.1. The molecule has 3 rings (SSSR count). The highest BCUT2D eigenvalue weighted by molar-refractivity contribution is 7.22. The zero-order chi connectivity index (χ0) is 18.5. The molecule has 4 nitrogen and oxygen atoms in total. The number of carbonyl (C=O) groups is 1. The van der Waals surface area contributed by atoms with Gasteiger partial charge >= 0.3 is 0 Å². The van der Waals surface area contributed by atoms with Crippen LogP contribution >= 0.6 is 22.9 Å². The summed E-state index contributed by atoms with van der Waals surface area (Å²) in [7, 11) is 0. The molecule has 1 N–H and O–H groups in total. The van der Waals surface area contributed by atoms with Crippen LogP contribution in [-0.4, -0.2) is 37.1 Å². The first-order valence-electron chi connectivity index (χ1n) is 8.89. The van der Waals surface area contributed by atoms with E-state index in [9.17, 15) is 4.79 Å². The van der Waals surface area contributed by atoms with Crippen molar-refractivity contribution >= 4 is 44.2 Å². The lowest BCUT2D eigenvalue weighted by Gasteiger charge is -2.23. The number of quaternary nitrogens is 1. The minimum atomic E-state index is -0.0961. The number of amides is 1. The number of anilines is 1. The Bertz CT molecular complexity index is 858. The SMILES string of the molecule is CC[NH+](CC)CCN(C(=O)c1ccccc1Cl)c1nc2ccccc2s1. The Morgan fingerprint density at radius 2 is 1.81 bits per heavy atom. The zero-order valence-corrected chi connectivity index (χ0v) is 16.6. The summed E-state index contributed by atoms with van der Waals surface area (Å²) >= 11 is 7.82. The number of hydrogen-bond donors (Lipinski definition) is 1. The van der Waals surface area contributed by atoms with E-state index >= 15 is 0 Å². The Morgan fingerprint density at radius 1 is 1.12 bits per heavy atom. The molecule has 0 fully saturated rings. The van der Waals surface area contributed by atoms with Crippen molar-refractivity contribution in [2.24, 2.45) is 0 Å². The molecule has 0 aliphatic rings. The van der Waals surface area contributed by atoms with Gasteiger partial charge in [-0.2, -0.15) is 0 Å². The van der Waals surface area contributed by atoms with Crippen molar-refractivity contribution < 1.29 is 9.69 Å². The Kier molecular flexibility index (Phi) is 6.25. The lowest BCUT2D eigenvalue weighted by molar-refractivity contribution is -0.894. The molecule has 0 atom stereocenters. The van der Waals surface area contributed by atoms with Gasteiger partial charge in [-0.3, -0.25) is 9.69 Å². The number of benzene rings is 2. The van der Waals surface area contributed by atoms with Crippen LogP contribution in [-0.2, 0) is 0 Å². The van der Waals surface area contributed by atoms with Crippen LogP contribution in [0, 0.1) is 0 Å². The summed E-state index contributed by atoms with van der Waals surface area (Å²) < 4.78 is 1.08. The van der Waals surface area contributed by atoms with Crippen LogP contribution in [0.15, 0.2) is 48.5 Å². The molecular weight excluding hydrogens is 366 g/mol. The number of aromatic nitrogens is 1. The van der Waals surface area contributed by atoms with Crippen molar-refractivity contribution in [2.45, 2.75) is 13.8 Å². The number of nitrogens with one attached hydrogen (secondary N) is 1. The van der Waals surface area contributed by atoms with Crippen LogP contribution in [0.4, 0.5) is 5.13 Å². The Morgan fingerprint density at radius 3 is 2.50 bits per heavy atom. The van der Waals surface area contributed by atoms with Crippen molar-refractivity contribution in [2.75, 3.05) is 31.1 Å². The molecule has 0 aliphatic carbocycles. The minimum absolute atomic E-state index is 0.0961. The quantitative estimate of drug-likeness (QED) is 0.672. The molecule has 3 aromatic rings. The Labute approximate surface area is 163 Å². The molecule has 0 radical (unpaired) electrons. The highest BCUT2D eigenvalue weighted by Crippen LogP contribution is 2.30. The second-order valence-electron chi connectivity index (χ2n) is 6.11. The number of nitrogens with zero attached hydrogens (tertiary/aromatic N) is 2. The van der Waals surface area contributed by atoms with E-state index in [1.165, 1.54) is 4.90 Å². The smallest absolute Gasteiger partial charge is 0.261 e. The van der Waals surface area contributed by atoms with Gasteiger partial charge in [0.2, 0.25) is 0 Å². The standard InChI is InChI=1S/C20H22ClN3OS/c1-3-23(4-2)13-14-24(19(25)15-9-5-6-10-16(15)21)20-22-17-11-7-8-12-18(17)26-20/h5-12H,3-4,13-14H2,1-2H3/p+1. The zero-order valence-electron chi connectivity index (χ0n) is 15.0. The van der Waals surface area contributed by atoms with Gasteiger partial charge in [-0.1, -0.05) is 47.2 Å². The molecule has 0 unspecified atom stereocenters. The normalized spacial score (nSPS) is 11.2. The minimum Gasteiger partial charge on any atom is -0.334 e. The first-order chi connectivity index (χ1) is 12.6. The fourth-order valence-electron chi connectivity index (χ4n) is 2.91. The van der Waals surface area contributed by atoms with Gasteiger partial charge in [0.25, 0.3) is 5.91 Å². The second-order valence-corrected chi connectivity index (χ2v) is 7.52. The van der Waals surface area contributed by atoms with Gasteiger partial charge in [0.1, 0.15) is 0 Å². The second kappa shape index (κ2) is 8.62. The number of rotatable bonds is 7. The third-order valence-corrected chi connectivity index (χ3v) is 5.94.